The van der Waals surface area contributed by atoms with Gasteiger partial charge in [0.2, 0.25) is 10.4 Å². The maximum atomic E-state index is 11.2. The molecule has 6 heteroatoms. The van der Waals surface area contributed by atoms with E-state index in [4.69, 9.17) is 4.18 Å². The van der Waals surface area contributed by atoms with Gasteiger partial charge in [0.1, 0.15) is 0 Å². The molecule has 0 heterocycles. The van der Waals surface area contributed by atoms with Crippen molar-refractivity contribution in [3.8, 4) is 0 Å². The van der Waals surface area contributed by atoms with E-state index < -0.39 is 16.0 Å². The summed E-state index contributed by atoms with van der Waals surface area (Å²) >= 11 is 0. The standard InChI is InChI=1S/C29H52O4S.H3N/c1-4-5-6-7-8-9-10-11-12-13-14-15-16-17-18-22-25-28(26-27-23-20-19-21-24-27)29(2,3)33-34(30,31)32;/h19-21,23-24,28H,4-18,22,25-26H2,1-3H3,(H,30,31,32);1H3. The third kappa shape index (κ3) is 18.9. The Morgan fingerprint density at radius 3 is 1.54 bits per heavy atom. The van der Waals surface area contributed by atoms with Crippen LogP contribution < -0.4 is 6.15 Å². The Hall–Kier alpha value is -0.950. The fourth-order valence-corrected chi connectivity index (χ4v) is 5.53. The molecule has 0 fully saturated rings. The van der Waals surface area contributed by atoms with Crippen molar-refractivity contribution < 1.29 is 17.2 Å². The van der Waals surface area contributed by atoms with E-state index in [1.807, 2.05) is 30.3 Å². The van der Waals surface area contributed by atoms with Crippen molar-refractivity contribution in [1.82, 2.24) is 6.15 Å². The molecule has 35 heavy (non-hydrogen) atoms. The van der Waals surface area contributed by atoms with Gasteiger partial charge in [0.15, 0.2) is 0 Å². The van der Waals surface area contributed by atoms with E-state index in [1.165, 1.54) is 89.9 Å². The molecule has 0 aliphatic heterocycles. The van der Waals surface area contributed by atoms with Crippen molar-refractivity contribution in [2.45, 2.75) is 142 Å². The van der Waals surface area contributed by atoms with Gasteiger partial charge in [-0.3, -0.25) is 4.18 Å². The highest BCUT2D eigenvalue weighted by molar-refractivity contribution is 7.80. The Morgan fingerprint density at radius 1 is 0.743 bits per heavy atom. The van der Waals surface area contributed by atoms with E-state index in [2.05, 4.69) is 6.92 Å². The van der Waals surface area contributed by atoms with Crippen LogP contribution in [-0.2, 0) is 21.0 Å². The zero-order valence-electron chi connectivity index (χ0n) is 23.2. The van der Waals surface area contributed by atoms with E-state index in [0.717, 1.165) is 24.8 Å². The summed E-state index contributed by atoms with van der Waals surface area (Å²) in [5.41, 5.74) is 0.135. The van der Waals surface area contributed by atoms with E-state index in [-0.39, 0.29) is 12.1 Å². The second-order valence-electron chi connectivity index (χ2n) is 10.6. The minimum atomic E-state index is -4.73. The predicted molar refractivity (Wildman–Crippen MR) is 149 cm³/mol. The molecule has 1 aromatic rings. The molecular formula is C29H55NO4S. The Bertz CT molecular complexity index is 707. The number of rotatable bonds is 22. The fraction of sp³-hybridized carbons (Fsp3) is 0.793. The Labute approximate surface area is 217 Å². The second kappa shape index (κ2) is 20.1. The highest BCUT2D eigenvalue weighted by Crippen LogP contribution is 2.31. The largest absolute Gasteiger partial charge is 0.726 e. The second-order valence-corrected chi connectivity index (χ2v) is 11.6. The number of benzene rings is 1. The van der Waals surface area contributed by atoms with E-state index >= 15 is 0 Å². The van der Waals surface area contributed by atoms with Crippen LogP contribution in [0.15, 0.2) is 30.3 Å². The van der Waals surface area contributed by atoms with Gasteiger partial charge in [0.25, 0.3) is 0 Å². The lowest BCUT2D eigenvalue weighted by molar-refractivity contribution is 0.0319. The van der Waals surface area contributed by atoms with Gasteiger partial charge in [-0.05, 0) is 38.2 Å². The molecule has 0 aliphatic rings. The van der Waals surface area contributed by atoms with Crippen molar-refractivity contribution in [1.29, 1.82) is 0 Å². The third-order valence-electron chi connectivity index (χ3n) is 7.03. The average Bonchev–Trinajstić information content (AvgIpc) is 2.77. The first-order valence-electron chi connectivity index (χ1n) is 13.9. The molecular weight excluding hydrogens is 458 g/mol. The van der Waals surface area contributed by atoms with Crippen molar-refractivity contribution in [2.75, 3.05) is 0 Å². The number of hydrogen-bond donors (Lipinski definition) is 1. The van der Waals surface area contributed by atoms with Gasteiger partial charge < -0.3 is 10.7 Å². The molecule has 1 rings (SSSR count). The van der Waals surface area contributed by atoms with Gasteiger partial charge in [-0.1, -0.05) is 140 Å². The molecule has 0 aromatic heterocycles. The van der Waals surface area contributed by atoms with Crippen molar-refractivity contribution >= 4 is 10.4 Å². The molecule has 5 nitrogen and oxygen atoms in total. The summed E-state index contributed by atoms with van der Waals surface area (Å²) < 4.78 is 38.7. The molecule has 0 saturated carbocycles. The quantitative estimate of drug-likeness (QED) is 0.0948. The van der Waals surface area contributed by atoms with Crippen LogP contribution in [0.3, 0.4) is 0 Å². The summed E-state index contributed by atoms with van der Waals surface area (Å²) in [4.78, 5) is 0. The minimum Gasteiger partial charge on any atom is -0.726 e. The van der Waals surface area contributed by atoms with Crippen LogP contribution >= 0.6 is 0 Å². The topological polar surface area (TPSA) is 103 Å². The fourth-order valence-electron chi connectivity index (χ4n) is 4.86. The summed E-state index contributed by atoms with van der Waals surface area (Å²) in [7, 11) is -4.73. The smallest absolute Gasteiger partial charge is 0.218 e. The molecule has 1 atom stereocenters. The highest BCUT2D eigenvalue weighted by Gasteiger charge is 2.32. The summed E-state index contributed by atoms with van der Waals surface area (Å²) in [5.74, 6) is -0.0229. The van der Waals surface area contributed by atoms with Crippen molar-refractivity contribution in [2.24, 2.45) is 5.92 Å². The lowest BCUT2D eigenvalue weighted by atomic mass is 9.82. The van der Waals surface area contributed by atoms with Crippen LogP contribution in [0.5, 0.6) is 0 Å². The summed E-state index contributed by atoms with van der Waals surface area (Å²) in [6, 6.07) is 10.0. The normalized spacial score (nSPS) is 12.9. The van der Waals surface area contributed by atoms with Crippen LogP contribution in [-0.4, -0.2) is 18.6 Å². The molecule has 206 valence electrons. The first-order valence-corrected chi connectivity index (χ1v) is 15.3. The van der Waals surface area contributed by atoms with E-state index in [9.17, 15) is 13.0 Å². The van der Waals surface area contributed by atoms with Gasteiger partial charge >= 0.3 is 0 Å². The van der Waals surface area contributed by atoms with Crippen LogP contribution in [0.4, 0.5) is 0 Å². The van der Waals surface area contributed by atoms with Gasteiger partial charge in [-0.15, -0.1) is 0 Å². The molecule has 0 saturated heterocycles. The van der Waals surface area contributed by atoms with Gasteiger partial charge in [-0.2, -0.15) is 0 Å². The summed E-state index contributed by atoms with van der Waals surface area (Å²) in [6.07, 6.45) is 22.8. The van der Waals surface area contributed by atoms with Crippen molar-refractivity contribution in [3.05, 3.63) is 35.9 Å². The molecule has 0 aliphatic carbocycles. The Balaban J connectivity index is 0.0000116. The molecule has 1 aromatic carbocycles. The number of quaternary nitrogens is 1. The van der Waals surface area contributed by atoms with Gasteiger partial charge in [-0.25, -0.2) is 8.42 Å². The molecule has 0 bridgehead atoms. The van der Waals surface area contributed by atoms with Crippen LogP contribution in [0.25, 0.3) is 0 Å². The molecule has 4 N–H and O–H groups in total. The highest BCUT2D eigenvalue weighted by atomic mass is 32.3. The molecule has 0 radical (unpaired) electrons. The summed E-state index contributed by atoms with van der Waals surface area (Å²) in [6.45, 7) is 5.72. The summed E-state index contributed by atoms with van der Waals surface area (Å²) in [5, 5.41) is 0. The van der Waals surface area contributed by atoms with E-state index in [1.54, 1.807) is 13.8 Å². The zero-order valence-corrected chi connectivity index (χ0v) is 24.0. The van der Waals surface area contributed by atoms with Gasteiger partial charge in [0.05, 0.1) is 5.60 Å². The lowest BCUT2D eigenvalue weighted by Crippen LogP contribution is -2.38. The SMILES string of the molecule is CCCCCCCCCCCCCCCCCCC(Cc1ccccc1)C(C)(C)OS(=O)(=O)[O-].[NH4+]. The van der Waals surface area contributed by atoms with E-state index in [0.29, 0.717) is 6.42 Å². The van der Waals surface area contributed by atoms with Crippen LogP contribution in [0, 0.1) is 5.92 Å². The number of unbranched alkanes of at least 4 members (excludes halogenated alkanes) is 15. The molecule has 1 unspecified atom stereocenters. The van der Waals surface area contributed by atoms with Crippen LogP contribution in [0.1, 0.15) is 135 Å². The Kier molecular flexibility index (Phi) is 19.6. The third-order valence-corrected chi connectivity index (χ3v) is 7.66. The zero-order chi connectivity index (χ0) is 25.1. The minimum absolute atomic E-state index is 0. The predicted octanol–water partition coefficient (Wildman–Crippen LogP) is 9.13. The first-order chi connectivity index (χ1) is 16.2. The molecule has 0 amide bonds. The lowest BCUT2D eigenvalue weighted by Gasteiger charge is -2.35. The average molecular weight is 514 g/mol. The number of hydrogen-bond acceptors (Lipinski definition) is 4. The monoisotopic (exact) mass is 513 g/mol. The Morgan fingerprint density at radius 2 is 1.14 bits per heavy atom. The van der Waals surface area contributed by atoms with Crippen molar-refractivity contribution in [3.63, 3.8) is 0 Å². The molecule has 0 spiro atoms. The van der Waals surface area contributed by atoms with Gasteiger partial charge in [0, 0.05) is 0 Å². The first kappa shape index (κ1) is 34.0. The maximum Gasteiger partial charge on any atom is 0.218 e. The maximum absolute atomic E-state index is 11.2. The van der Waals surface area contributed by atoms with Crippen LogP contribution in [0.2, 0.25) is 0 Å².